The van der Waals surface area contributed by atoms with Gasteiger partial charge in [-0.3, -0.25) is 9.98 Å². The number of aryl methyl sites for hydroxylation is 1. The topological polar surface area (TPSA) is 58.5 Å². The lowest BCUT2D eigenvalue weighted by Gasteiger charge is -2.14. The molecular formula is C14H16N4O. The number of fused-ring (bicyclic) bond motifs is 1. The molecule has 0 spiro atoms. The highest BCUT2D eigenvalue weighted by Gasteiger charge is 2.12. The molecule has 19 heavy (non-hydrogen) atoms. The molecule has 0 amide bonds. The van der Waals surface area contributed by atoms with E-state index in [1.165, 1.54) is 0 Å². The smallest absolute Gasteiger partial charge is 0.195 e. The van der Waals surface area contributed by atoms with Crippen molar-refractivity contribution < 1.29 is 4.74 Å². The Labute approximate surface area is 111 Å². The molecule has 1 aliphatic heterocycles. The number of aliphatic imine (C=N–C) groups is 1. The molecule has 0 aliphatic carbocycles. The number of hydrogen-bond donors (Lipinski definition) is 2. The SMILES string of the molecule is COc1cc(NC2=NCCN2)c(C)c2cccnc12. The van der Waals surface area contributed by atoms with Crippen LogP contribution in [0.1, 0.15) is 5.56 Å². The summed E-state index contributed by atoms with van der Waals surface area (Å²) in [6.07, 6.45) is 1.78. The molecule has 0 atom stereocenters. The van der Waals surface area contributed by atoms with Crippen LogP contribution in [0.4, 0.5) is 5.69 Å². The van der Waals surface area contributed by atoms with Crippen molar-refractivity contribution in [2.24, 2.45) is 4.99 Å². The number of aromatic nitrogens is 1. The van der Waals surface area contributed by atoms with E-state index in [9.17, 15) is 0 Å². The number of pyridine rings is 1. The van der Waals surface area contributed by atoms with Crippen LogP contribution in [-0.2, 0) is 0 Å². The molecule has 0 radical (unpaired) electrons. The molecule has 0 saturated carbocycles. The fraction of sp³-hybridized carbons (Fsp3) is 0.286. The molecule has 98 valence electrons. The summed E-state index contributed by atoms with van der Waals surface area (Å²) in [5, 5.41) is 7.59. The third kappa shape index (κ3) is 2.07. The van der Waals surface area contributed by atoms with Crippen LogP contribution < -0.4 is 15.4 Å². The van der Waals surface area contributed by atoms with Crippen LogP contribution in [-0.4, -0.2) is 31.1 Å². The number of anilines is 1. The summed E-state index contributed by atoms with van der Waals surface area (Å²) in [5.41, 5.74) is 3.01. The third-order valence-electron chi connectivity index (χ3n) is 3.27. The van der Waals surface area contributed by atoms with Crippen LogP contribution in [0, 0.1) is 6.92 Å². The largest absolute Gasteiger partial charge is 0.494 e. The fourth-order valence-electron chi connectivity index (χ4n) is 2.25. The Kier molecular flexibility index (Phi) is 2.95. The average molecular weight is 256 g/mol. The van der Waals surface area contributed by atoms with E-state index in [4.69, 9.17) is 4.74 Å². The molecule has 2 N–H and O–H groups in total. The van der Waals surface area contributed by atoms with Gasteiger partial charge in [0, 0.05) is 29.9 Å². The van der Waals surface area contributed by atoms with Crippen molar-refractivity contribution in [3.63, 3.8) is 0 Å². The number of hydrogen-bond acceptors (Lipinski definition) is 5. The number of methoxy groups -OCH3 is 1. The molecule has 1 aliphatic rings. The summed E-state index contributed by atoms with van der Waals surface area (Å²) in [6.45, 7) is 3.77. The van der Waals surface area contributed by atoms with Crippen LogP contribution in [0.3, 0.4) is 0 Å². The monoisotopic (exact) mass is 256 g/mol. The molecule has 0 bridgehead atoms. The van der Waals surface area contributed by atoms with E-state index in [2.05, 4.69) is 33.6 Å². The summed E-state index contributed by atoms with van der Waals surface area (Å²) in [7, 11) is 1.66. The first kappa shape index (κ1) is 11.8. The average Bonchev–Trinajstić information content (AvgIpc) is 2.95. The summed E-state index contributed by atoms with van der Waals surface area (Å²) in [4.78, 5) is 8.73. The van der Waals surface area contributed by atoms with Crippen LogP contribution in [0.15, 0.2) is 29.4 Å². The molecule has 2 aromatic rings. The van der Waals surface area contributed by atoms with Crippen molar-refractivity contribution in [3.8, 4) is 5.75 Å². The van der Waals surface area contributed by atoms with Gasteiger partial charge in [0.1, 0.15) is 11.3 Å². The first-order valence-electron chi connectivity index (χ1n) is 6.27. The van der Waals surface area contributed by atoms with Crippen molar-refractivity contribution in [1.29, 1.82) is 0 Å². The Balaban J connectivity index is 2.11. The van der Waals surface area contributed by atoms with E-state index in [0.717, 1.165) is 47.0 Å². The first-order valence-corrected chi connectivity index (χ1v) is 6.27. The Morgan fingerprint density at radius 1 is 1.42 bits per heavy atom. The Morgan fingerprint density at radius 3 is 3.05 bits per heavy atom. The fourth-order valence-corrected chi connectivity index (χ4v) is 2.25. The van der Waals surface area contributed by atoms with Gasteiger partial charge in [0.25, 0.3) is 0 Å². The zero-order valence-electron chi connectivity index (χ0n) is 11.0. The molecule has 0 unspecified atom stereocenters. The normalized spacial score (nSPS) is 14.1. The second-order valence-corrected chi connectivity index (χ2v) is 4.43. The maximum Gasteiger partial charge on any atom is 0.195 e. The number of ether oxygens (including phenoxy) is 1. The summed E-state index contributed by atoms with van der Waals surface area (Å²) >= 11 is 0. The summed E-state index contributed by atoms with van der Waals surface area (Å²) in [5.74, 6) is 1.58. The number of benzene rings is 1. The molecule has 0 fully saturated rings. The molecule has 1 aromatic heterocycles. The van der Waals surface area contributed by atoms with Gasteiger partial charge in [-0.2, -0.15) is 0 Å². The molecule has 0 saturated heterocycles. The van der Waals surface area contributed by atoms with Crippen LogP contribution in [0.25, 0.3) is 10.9 Å². The molecular weight excluding hydrogens is 240 g/mol. The van der Waals surface area contributed by atoms with E-state index < -0.39 is 0 Å². The van der Waals surface area contributed by atoms with E-state index in [-0.39, 0.29) is 0 Å². The lowest BCUT2D eigenvalue weighted by molar-refractivity contribution is 0.419. The van der Waals surface area contributed by atoms with Gasteiger partial charge in [-0.25, -0.2) is 0 Å². The molecule has 1 aromatic carbocycles. The van der Waals surface area contributed by atoms with Crippen LogP contribution in [0.5, 0.6) is 5.75 Å². The van der Waals surface area contributed by atoms with Gasteiger partial charge in [0.2, 0.25) is 0 Å². The lowest BCUT2D eigenvalue weighted by Crippen LogP contribution is -2.26. The quantitative estimate of drug-likeness (QED) is 0.862. The summed E-state index contributed by atoms with van der Waals surface area (Å²) < 4.78 is 5.42. The minimum absolute atomic E-state index is 0.766. The van der Waals surface area contributed by atoms with Gasteiger partial charge in [-0.1, -0.05) is 6.07 Å². The Morgan fingerprint density at radius 2 is 2.32 bits per heavy atom. The van der Waals surface area contributed by atoms with Gasteiger partial charge in [-0.15, -0.1) is 0 Å². The predicted molar refractivity (Wildman–Crippen MR) is 77.0 cm³/mol. The standard InChI is InChI=1S/C14H16N4O/c1-9-10-4-3-5-15-13(10)12(19-2)8-11(9)18-14-16-6-7-17-14/h3-5,8H,6-7H2,1-2H3,(H2,16,17,18). The van der Waals surface area contributed by atoms with Crippen molar-refractivity contribution in [1.82, 2.24) is 10.3 Å². The zero-order chi connectivity index (χ0) is 13.2. The van der Waals surface area contributed by atoms with Crippen molar-refractivity contribution >= 4 is 22.5 Å². The maximum absolute atomic E-state index is 5.42. The molecule has 5 nitrogen and oxygen atoms in total. The van der Waals surface area contributed by atoms with E-state index >= 15 is 0 Å². The highest BCUT2D eigenvalue weighted by molar-refractivity contribution is 6.00. The highest BCUT2D eigenvalue weighted by Crippen LogP contribution is 2.32. The third-order valence-corrected chi connectivity index (χ3v) is 3.27. The predicted octanol–water partition coefficient (Wildman–Crippen LogP) is 1.92. The van der Waals surface area contributed by atoms with Gasteiger partial charge in [0.15, 0.2) is 5.96 Å². The minimum atomic E-state index is 0.766. The zero-order valence-corrected chi connectivity index (χ0v) is 11.0. The number of nitrogens with zero attached hydrogens (tertiary/aromatic N) is 2. The second kappa shape index (κ2) is 4.76. The van der Waals surface area contributed by atoms with E-state index in [1.54, 1.807) is 13.3 Å². The van der Waals surface area contributed by atoms with Gasteiger partial charge in [-0.05, 0) is 18.6 Å². The van der Waals surface area contributed by atoms with Crippen molar-refractivity contribution in [2.45, 2.75) is 6.92 Å². The molecule has 5 heteroatoms. The van der Waals surface area contributed by atoms with E-state index in [1.807, 2.05) is 12.1 Å². The number of rotatable bonds is 2. The molecule has 3 rings (SSSR count). The molecule has 2 heterocycles. The van der Waals surface area contributed by atoms with Crippen molar-refractivity contribution in [2.75, 3.05) is 25.5 Å². The van der Waals surface area contributed by atoms with Crippen LogP contribution >= 0.6 is 0 Å². The Bertz CT molecular complexity index is 651. The minimum Gasteiger partial charge on any atom is -0.494 e. The number of guanidine groups is 1. The van der Waals surface area contributed by atoms with E-state index in [0.29, 0.717) is 0 Å². The lowest BCUT2D eigenvalue weighted by atomic mass is 10.1. The van der Waals surface area contributed by atoms with Gasteiger partial charge < -0.3 is 15.4 Å². The Hall–Kier alpha value is -2.30. The van der Waals surface area contributed by atoms with Gasteiger partial charge in [0.05, 0.1) is 13.7 Å². The van der Waals surface area contributed by atoms with Crippen molar-refractivity contribution in [3.05, 3.63) is 30.0 Å². The van der Waals surface area contributed by atoms with Crippen LogP contribution in [0.2, 0.25) is 0 Å². The number of nitrogens with one attached hydrogen (secondary N) is 2. The summed E-state index contributed by atoms with van der Waals surface area (Å²) in [6, 6.07) is 5.95. The van der Waals surface area contributed by atoms with Gasteiger partial charge >= 0.3 is 0 Å². The second-order valence-electron chi connectivity index (χ2n) is 4.43. The maximum atomic E-state index is 5.42. The highest BCUT2D eigenvalue weighted by atomic mass is 16.5. The first-order chi connectivity index (χ1) is 9.29.